The fourth-order valence-electron chi connectivity index (χ4n) is 1.45. The van der Waals surface area contributed by atoms with Crippen molar-refractivity contribution in [2.75, 3.05) is 6.61 Å². The Morgan fingerprint density at radius 3 is 2.53 bits per heavy atom. The number of ether oxygens (including phenoxy) is 1. The van der Waals surface area contributed by atoms with Crippen molar-refractivity contribution in [1.82, 2.24) is 0 Å². The molecule has 1 rings (SSSR count). The van der Waals surface area contributed by atoms with E-state index in [-0.39, 0.29) is 12.0 Å². The van der Waals surface area contributed by atoms with Gasteiger partial charge in [-0.1, -0.05) is 6.58 Å². The Balaban J connectivity index is 2.72. The Bertz CT molecular complexity index is 299. The van der Waals surface area contributed by atoms with E-state index < -0.39 is 30.7 Å². The average molecular weight is 215 g/mol. The molecule has 84 valence electrons. The van der Waals surface area contributed by atoms with Crippen LogP contribution in [0.2, 0.25) is 0 Å². The number of nitriles is 1. The zero-order valence-corrected chi connectivity index (χ0v) is 8.00. The molecule has 0 aliphatic carbocycles. The largest absolute Gasteiger partial charge is 0.391 e. The van der Waals surface area contributed by atoms with E-state index in [0.29, 0.717) is 0 Å². The summed E-state index contributed by atoms with van der Waals surface area (Å²) in [5.41, 5.74) is 0.161. The smallest absolute Gasteiger partial charge is 0.219 e. The van der Waals surface area contributed by atoms with Crippen LogP contribution in [0.3, 0.4) is 0 Å². The molecule has 0 saturated carbocycles. The molecule has 0 radical (unpaired) electrons. The lowest BCUT2D eigenvalue weighted by atomic mass is 10.0. The van der Waals surface area contributed by atoms with E-state index >= 15 is 0 Å². The highest BCUT2D eigenvalue weighted by Gasteiger charge is 2.52. The number of rotatable bonds is 3. The van der Waals surface area contributed by atoms with E-state index in [9.17, 15) is 15.3 Å². The monoisotopic (exact) mass is 215 g/mol. The summed E-state index contributed by atoms with van der Waals surface area (Å²) in [6.07, 6.45) is -3.90. The van der Waals surface area contributed by atoms with Crippen LogP contribution in [-0.2, 0) is 4.74 Å². The third-order valence-electron chi connectivity index (χ3n) is 2.35. The van der Waals surface area contributed by atoms with Gasteiger partial charge in [-0.3, -0.25) is 0 Å². The first-order valence-electron chi connectivity index (χ1n) is 4.39. The Morgan fingerprint density at radius 2 is 2.13 bits per heavy atom. The van der Waals surface area contributed by atoms with Crippen LogP contribution in [0.1, 0.15) is 6.42 Å². The first kappa shape index (κ1) is 12.1. The SMILES string of the molecule is C=C(C#N)C[C@H]1OC(O)(CO)[C@@H](O)[C@@H]1O. The molecule has 1 fully saturated rings. The molecule has 0 bridgehead atoms. The highest BCUT2D eigenvalue weighted by atomic mass is 16.7. The van der Waals surface area contributed by atoms with Gasteiger partial charge in [-0.05, 0) is 0 Å². The van der Waals surface area contributed by atoms with E-state index in [0.717, 1.165) is 0 Å². The molecule has 1 aliphatic heterocycles. The van der Waals surface area contributed by atoms with E-state index in [1.165, 1.54) is 0 Å². The Kier molecular flexibility index (Phi) is 3.44. The summed E-state index contributed by atoms with van der Waals surface area (Å²) in [5, 5.41) is 45.6. The van der Waals surface area contributed by atoms with Crippen molar-refractivity contribution < 1.29 is 25.2 Å². The predicted octanol–water partition coefficient (Wildman–Crippen LogP) is -1.74. The zero-order chi connectivity index (χ0) is 11.6. The van der Waals surface area contributed by atoms with Gasteiger partial charge >= 0.3 is 0 Å². The molecule has 4 atom stereocenters. The second kappa shape index (κ2) is 4.26. The van der Waals surface area contributed by atoms with Gasteiger partial charge in [0, 0.05) is 12.0 Å². The van der Waals surface area contributed by atoms with Crippen molar-refractivity contribution in [2.45, 2.75) is 30.5 Å². The van der Waals surface area contributed by atoms with Gasteiger partial charge in [0.2, 0.25) is 5.79 Å². The van der Waals surface area contributed by atoms with Crippen molar-refractivity contribution in [1.29, 1.82) is 5.26 Å². The molecule has 1 unspecified atom stereocenters. The fraction of sp³-hybridized carbons (Fsp3) is 0.667. The Labute approximate surface area is 86.6 Å². The highest BCUT2D eigenvalue weighted by molar-refractivity contribution is 5.18. The molecule has 4 N–H and O–H groups in total. The van der Waals surface area contributed by atoms with E-state index in [1.807, 2.05) is 0 Å². The summed E-state index contributed by atoms with van der Waals surface area (Å²) < 4.78 is 4.89. The lowest BCUT2D eigenvalue weighted by Crippen LogP contribution is -2.46. The normalized spacial score (nSPS) is 40.1. The molecule has 1 aliphatic rings. The summed E-state index contributed by atoms with van der Waals surface area (Å²) in [6, 6.07) is 1.76. The Hall–Kier alpha value is -0.970. The first-order chi connectivity index (χ1) is 6.94. The van der Waals surface area contributed by atoms with E-state index in [2.05, 4.69) is 6.58 Å². The lowest BCUT2D eigenvalue weighted by molar-refractivity contribution is -0.245. The van der Waals surface area contributed by atoms with Crippen LogP contribution in [-0.4, -0.2) is 51.1 Å². The maximum atomic E-state index is 9.50. The predicted molar refractivity (Wildman–Crippen MR) is 48.3 cm³/mol. The summed E-state index contributed by atoms with van der Waals surface area (Å²) in [7, 11) is 0. The molecule has 0 aromatic heterocycles. The number of hydrogen-bond donors (Lipinski definition) is 4. The number of aliphatic hydroxyl groups is 4. The fourth-order valence-corrected chi connectivity index (χ4v) is 1.45. The van der Waals surface area contributed by atoms with Gasteiger partial charge in [-0.25, -0.2) is 0 Å². The van der Waals surface area contributed by atoms with Crippen LogP contribution >= 0.6 is 0 Å². The maximum absolute atomic E-state index is 9.50. The van der Waals surface area contributed by atoms with Crippen molar-refractivity contribution in [3.8, 4) is 6.07 Å². The van der Waals surface area contributed by atoms with Gasteiger partial charge < -0.3 is 25.2 Å². The highest BCUT2D eigenvalue weighted by Crippen LogP contribution is 2.31. The lowest BCUT2D eigenvalue weighted by Gasteiger charge is -2.22. The average Bonchev–Trinajstić information content (AvgIpc) is 2.44. The van der Waals surface area contributed by atoms with Gasteiger partial charge in [0.05, 0.1) is 18.8 Å². The van der Waals surface area contributed by atoms with E-state index in [4.69, 9.17) is 15.1 Å². The number of aliphatic hydroxyl groups excluding tert-OH is 3. The molecule has 0 aromatic carbocycles. The summed E-state index contributed by atoms with van der Waals surface area (Å²) >= 11 is 0. The first-order valence-corrected chi connectivity index (χ1v) is 4.39. The van der Waals surface area contributed by atoms with Crippen LogP contribution in [0.15, 0.2) is 12.2 Å². The van der Waals surface area contributed by atoms with Gasteiger partial charge in [0.25, 0.3) is 0 Å². The number of nitrogens with zero attached hydrogens (tertiary/aromatic N) is 1. The van der Waals surface area contributed by atoms with Gasteiger partial charge in [-0.2, -0.15) is 5.26 Å². The molecule has 1 heterocycles. The third-order valence-corrected chi connectivity index (χ3v) is 2.35. The summed E-state index contributed by atoms with van der Waals surface area (Å²) in [4.78, 5) is 0. The molecule has 6 heteroatoms. The van der Waals surface area contributed by atoms with Crippen LogP contribution in [0.25, 0.3) is 0 Å². The Morgan fingerprint density at radius 1 is 1.53 bits per heavy atom. The summed E-state index contributed by atoms with van der Waals surface area (Å²) in [6.45, 7) is 2.56. The molecule has 0 spiro atoms. The van der Waals surface area contributed by atoms with Crippen molar-refractivity contribution in [3.05, 3.63) is 12.2 Å². The van der Waals surface area contributed by atoms with E-state index in [1.54, 1.807) is 6.07 Å². The van der Waals surface area contributed by atoms with Crippen LogP contribution < -0.4 is 0 Å². The zero-order valence-electron chi connectivity index (χ0n) is 8.00. The summed E-state index contributed by atoms with van der Waals surface area (Å²) in [5.74, 6) is -2.17. The topological polar surface area (TPSA) is 114 Å². The quantitative estimate of drug-likeness (QED) is 0.415. The number of hydrogen-bond acceptors (Lipinski definition) is 6. The van der Waals surface area contributed by atoms with Crippen LogP contribution in [0.5, 0.6) is 0 Å². The molecule has 1 saturated heterocycles. The van der Waals surface area contributed by atoms with Crippen molar-refractivity contribution >= 4 is 0 Å². The van der Waals surface area contributed by atoms with Crippen LogP contribution in [0, 0.1) is 11.3 Å². The molecule has 0 aromatic rings. The second-order valence-corrected chi connectivity index (χ2v) is 3.51. The standard InChI is InChI=1S/C9H13NO5/c1-5(3-10)2-6-7(12)8(13)9(14,4-11)15-6/h6-8,11-14H,1-2,4H2/t6-,7-,8+,9?/m1/s1. The van der Waals surface area contributed by atoms with Crippen LogP contribution in [0.4, 0.5) is 0 Å². The minimum Gasteiger partial charge on any atom is -0.391 e. The molecule has 15 heavy (non-hydrogen) atoms. The molecule has 0 amide bonds. The maximum Gasteiger partial charge on any atom is 0.219 e. The minimum atomic E-state index is -2.17. The van der Waals surface area contributed by atoms with Crippen molar-refractivity contribution in [3.63, 3.8) is 0 Å². The molecule has 6 nitrogen and oxygen atoms in total. The van der Waals surface area contributed by atoms with Gasteiger partial charge in [-0.15, -0.1) is 0 Å². The van der Waals surface area contributed by atoms with Gasteiger partial charge in [0.15, 0.2) is 0 Å². The minimum absolute atomic E-state index is 0.00294. The van der Waals surface area contributed by atoms with Gasteiger partial charge in [0.1, 0.15) is 12.2 Å². The molecular formula is C9H13NO5. The third kappa shape index (κ3) is 2.17. The van der Waals surface area contributed by atoms with Crippen molar-refractivity contribution in [2.24, 2.45) is 0 Å². The molecular weight excluding hydrogens is 202 g/mol. The second-order valence-electron chi connectivity index (χ2n) is 3.51.